The van der Waals surface area contributed by atoms with E-state index in [9.17, 15) is 0 Å². The molecule has 0 aliphatic carbocycles. The van der Waals surface area contributed by atoms with Gasteiger partial charge in [-0.25, -0.2) is 0 Å². The van der Waals surface area contributed by atoms with Gasteiger partial charge in [0.2, 0.25) is 0 Å². The maximum atomic E-state index is 6.41. The van der Waals surface area contributed by atoms with Crippen molar-refractivity contribution >= 4 is 23.4 Å². The Morgan fingerprint density at radius 1 is 1.11 bits per heavy atom. The lowest BCUT2D eigenvalue weighted by atomic mass is 9.89. The molecule has 2 atom stereocenters. The lowest BCUT2D eigenvalue weighted by Gasteiger charge is -2.20. The molecule has 0 fully saturated rings. The van der Waals surface area contributed by atoms with E-state index >= 15 is 0 Å². The molecule has 0 amide bonds. The van der Waals surface area contributed by atoms with Gasteiger partial charge in [-0.3, -0.25) is 0 Å². The van der Waals surface area contributed by atoms with Crippen LogP contribution in [-0.4, -0.2) is 5.75 Å². The molecule has 18 heavy (non-hydrogen) atoms. The van der Waals surface area contributed by atoms with Gasteiger partial charge in [-0.1, -0.05) is 41.9 Å². The van der Waals surface area contributed by atoms with Crippen LogP contribution in [-0.2, 0) is 0 Å². The first kappa shape index (κ1) is 12.1. The van der Waals surface area contributed by atoms with Crippen LogP contribution < -0.4 is 5.73 Å². The molecule has 2 N–H and O–H groups in total. The number of benzene rings is 2. The molecule has 1 aliphatic rings. The van der Waals surface area contributed by atoms with E-state index in [0.29, 0.717) is 5.92 Å². The summed E-state index contributed by atoms with van der Waals surface area (Å²) in [6.45, 7) is 0. The fraction of sp³-hybridized carbons (Fsp3) is 0.200. The van der Waals surface area contributed by atoms with Gasteiger partial charge in [-0.15, -0.1) is 11.8 Å². The van der Waals surface area contributed by atoms with Crippen LogP contribution in [0.15, 0.2) is 53.4 Å². The van der Waals surface area contributed by atoms with E-state index in [1.807, 2.05) is 36.0 Å². The van der Waals surface area contributed by atoms with Gasteiger partial charge in [0.25, 0.3) is 0 Å². The molecular formula is C15H14ClNS. The average molecular weight is 276 g/mol. The van der Waals surface area contributed by atoms with E-state index < -0.39 is 0 Å². The summed E-state index contributed by atoms with van der Waals surface area (Å²) in [5.41, 5.74) is 8.94. The van der Waals surface area contributed by atoms with E-state index in [0.717, 1.165) is 16.3 Å². The minimum Gasteiger partial charge on any atom is -0.323 e. The van der Waals surface area contributed by atoms with Gasteiger partial charge in [-0.05, 0) is 29.3 Å². The summed E-state index contributed by atoms with van der Waals surface area (Å²) < 4.78 is 0. The Bertz CT molecular complexity index is 553. The monoisotopic (exact) mass is 275 g/mol. The van der Waals surface area contributed by atoms with Crippen molar-refractivity contribution in [3.63, 3.8) is 0 Å². The molecule has 1 heterocycles. The van der Waals surface area contributed by atoms with Crippen LogP contribution in [0.3, 0.4) is 0 Å². The standard InChI is InChI=1S/C15H14ClNS/c16-11-7-5-10(6-8-11)15(17)13-9-18-14-4-2-1-3-12(13)14/h1-8,13,15H,9,17H2. The maximum Gasteiger partial charge on any atom is 0.0406 e. The summed E-state index contributed by atoms with van der Waals surface area (Å²) in [7, 11) is 0. The molecule has 0 bridgehead atoms. The summed E-state index contributed by atoms with van der Waals surface area (Å²) in [6, 6.07) is 16.4. The summed E-state index contributed by atoms with van der Waals surface area (Å²) in [5, 5.41) is 0.757. The van der Waals surface area contributed by atoms with Gasteiger partial charge >= 0.3 is 0 Å². The lowest BCUT2D eigenvalue weighted by molar-refractivity contribution is 0.607. The number of nitrogens with two attached hydrogens (primary N) is 1. The Kier molecular flexibility index (Phi) is 3.33. The van der Waals surface area contributed by atoms with Crippen LogP contribution in [0.1, 0.15) is 23.1 Å². The number of halogens is 1. The fourth-order valence-electron chi connectivity index (χ4n) is 2.40. The third-order valence-electron chi connectivity index (χ3n) is 3.43. The van der Waals surface area contributed by atoms with Crippen LogP contribution in [0.25, 0.3) is 0 Å². The van der Waals surface area contributed by atoms with Crippen molar-refractivity contribution in [2.45, 2.75) is 16.9 Å². The highest BCUT2D eigenvalue weighted by Gasteiger charge is 2.28. The van der Waals surface area contributed by atoms with E-state index in [1.165, 1.54) is 10.5 Å². The van der Waals surface area contributed by atoms with Crippen molar-refractivity contribution in [3.05, 3.63) is 64.7 Å². The minimum absolute atomic E-state index is 0.0402. The van der Waals surface area contributed by atoms with E-state index in [4.69, 9.17) is 17.3 Å². The van der Waals surface area contributed by atoms with Gasteiger partial charge in [0, 0.05) is 27.6 Å². The van der Waals surface area contributed by atoms with Crippen molar-refractivity contribution in [1.82, 2.24) is 0 Å². The Morgan fingerprint density at radius 2 is 1.83 bits per heavy atom. The summed E-state index contributed by atoms with van der Waals surface area (Å²) in [4.78, 5) is 1.37. The number of fused-ring (bicyclic) bond motifs is 1. The number of hydrogen-bond acceptors (Lipinski definition) is 2. The highest BCUT2D eigenvalue weighted by molar-refractivity contribution is 7.99. The topological polar surface area (TPSA) is 26.0 Å². The van der Waals surface area contributed by atoms with Crippen LogP contribution in [0.4, 0.5) is 0 Å². The molecule has 0 saturated heterocycles. The molecule has 3 heteroatoms. The molecule has 1 aliphatic heterocycles. The molecular weight excluding hydrogens is 262 g/mol. The summed E-state index contributed by atoms with van der Waals surface area (Å²) in [6.07, 6.45) is 0. The van der Waals surface area contributed by atoms with Crippen molar-refractivity contribution in [3.8, 4) is 0 Å². The number of thioether (sulfide) groups is 1. The smallest absolute Gasteiger partial charge is 0.0406 e. The third-order valence-corrected chi connectivity index (χ3v) is 4.89. The quantitative estimate of drug-likeness (QED) is 0.888. The van der Waals surface area contributed by atoms with Gasteiger partial charge in [0.05, 0.1) is 0 Å². The van der Waals surface area contributed by atoms with Crippen molar-refractivity contribution in [1.29, 1.82) is 0 Å². The molecule has 2 aromatic rings. The first-order valence-electron chi connectivity index (χ1n) is 5.98. The van der Waals surface area contributed by atoms with Crippen molar-refractivity contribution < 1.29 is 0 Å². The highest BCUT2D eigenvalue weighted by Crippen LogP contribution is 2.44. The molecule has 2 aromatic carbocycles. The number of hydrogen-bond donors (Lipinski definition) is 1. The predicted octanol–water partition coefficient (Wildman–Crippen LogP) is 4.23. The van der Waals surface area contributed by atoms with Crippen molar-refractivity contribution in [2.75, 3.05) is 5.75 Å². The van der Waals surface area contributed by atoms with Crippen LogP contribution in [0.5, 0.6) is 0 Å². The molecule has 0 aromatic heterocycles. The molecule has 1 nitrogen and oxygen atoms in total. The zero-order valence-corrected chi connectivity index (χ0v) is 11.4. The highest BCUT2D eigenvalue weighted by atomic mass is 35.5. The van der Waals surface area contributed by atoms with Gasteiger partial charge in [-0.2, -0.15) is 0 Å². The van der Waals surface area contributed by atoms with E-state index in [-0.39, 0.29) is 6.04 Å². The predicted molar refractivity (Wildman–Crippen MR) is 78.3 cm³/mol. The second kappa shape index (κ2) is 4.96. The average Bonchev–Trinajstić information content (AvgIpc) is 2.82. The van der Waals surface area contributed by atoms with Crippen LogP contribution in [0.2, 0.25) is 5.02 Å². The largest absolute Gasteiger partial charge is 0.323 e. The lowest BCUT2D eigenvalue weighted by Crippen LogP contribution is -2.19. The molecule has 0 radical (unpaired) electrons. The Hall–Kier alpha value is -0.960. The molecule has 2 unspecified atom stereocenters. The second-order valence-corrected chi connectivity index (χ2v) is 6.03. The second-order valence-electron chi connectivity index (χ2n) is 4.53. The van der Waals surface area contributed by atoms with Gasteiger partial charge < -0.3 is 5.73 Å². The SMILES string of the molecule is NC(c1ccc(Cl)cc1)C1CSc2ccccc21. The summed E-state index contributed by atoms with van der Waals surface area (Å²) in [5.74, 6) is 1.45. The molecule has 0 saturated carbocycles. The third kappa shape index (κ3) is 2.16. The van der Waals surface area contributed by atoms with Crippen LogP contribution in [0, 0.1) is 0 Å². The zero-order chi connectivity index (χ0) is 12.5. The Labute approximate surface area is 116 Å². The van der Waals surface area contributed by atoms with Gasteiger partial charge in [0.15, 0.2) is 0 Å². The first-order chi connectivity index (χ1) is 8.75. The molecule has 0 spiro atoms. The first-order valence-corrected chi connectivity index (χ1v) is 7.35. The Morgan fingerprint density at radius 3 is 2.61 bits per heavy atom. The van der Waals surface area contributed by atoms with Crippen molar-refractivity contribution in [2.24, 2.45) is 5.73 Å². The fourth-order valence-corrected chi connectivity index (χ4v) is 3.83. The molecule has 3 rings (SSSR count). The normalized spacial score (nSPS) is 19.6. The van der Waals surface area contributed by atoms with Crippen LogP contribution >= 0.6 is 23.4 Å². The van der Waals surface area contributed by atoms with E-state index in [1.54, 1.807) is 0 Å². The number of rotatable bonds is 2. The zero-order valence-electron chi connectivity index (χ0n) is 9.84. The van der Waals surface area contributed by atoms with Gasteiger partial charge in [0.1, 0.15) is 0 Å². The Balaban J connectivity index is 1.90. The van der Waals surface area contributed by atoms with E-state index in [2.05, 4.69) is 24.3 Å². The molecule has 92 valence electrons. The minimum atomic E-state index is 0.0402. The maximum absolute atomic E-state index is 6.41. The summed E-state index contributed by atoms with van der Waals surface area (Å²) >= 11 is 7.81.